The van der Waals surface area contributed by atoms with E-state index >= 15 is 0 Å². The van der Waals surface area contributed by atoms with E-state index in [1.165, 1.54) is 0 Å². The summed E-state index contributed by atoms with van der Waals surface area (Å²) in [6, 6.07) is 0. The number of hydrogen-bond donors (Lipinski definition) is 1. The summed E-state index contributed by atoms with van der Waals surface area (Å²) in [6.45, 7) is 5.76. The molecule has 0 radical (unpaired) electrons. The highest BCUT2D eigenvalue weighted by Crippen LogP contribution is 2.23. The Labute approximate surface area is 92.7 Å². The second kappa shape index (κ2) is 4.59. The van der Waals surface area contributed by atoms with Gasteiger partial charge >= 0.3 is 5.97 Å². The standard InChI is InChI=1S/C9H16INO2/c1-7(10)8(12)13-9(2)3-5-11-6-4-9/h7,11H,3-6H2,1-2H3. The van der Waals surface area contributed by atoms with Gasteiger partial charge in [0.25, 0.3) is 0 Å². The minimum absolute atomic E-state index is 0.0516. The number of hydrogen-bond acceptors (Lipinski definition) is 3. The smallest absolute Gasteiger partial charge is 0.319 e. The minimum Gasteiger partial charge on any atom is -0.458 e. The number of nitrogens with one attached hydrogen (secondary N) is 1. The van der Waals surface area contributed by atoms with Crippen molar-refractivity contribution >= 4 is 28.6 Å². The Balaban J connectivity index is 2.45. The van der Waals surface area contributed by atoms with Crippen LogP contribution in [0.25, 0.3) is 0 Å². The molecule has 1 N–H and O–H groups in total. The Morgan fingerprint density at radius 3 is 2.54 bits per heavy atom. The average Bonchev–Trinajstić information content (AvgIpc) is 2.04. The van der Waals surface area contributed by atoms with Crippen LogP contribution in [0.3, 0.4) is 0 Å². The summed E-state index contributed by atoms with van der Waals surface area (Å²) in [5.41, 5.74) is -0.234. The molecular formula is C9H16INO2. The summed E-state index contributed by atoms with van der Waals surface area (Å²) in [7, 11) is 0. The number of halogens is 1. The van der Waals surface area contributed by atoms with Gasteiger partial charge in [-0.05, 0) is 39.8 Å². The maximum absolute atomic E-state index is 11.4. The molecule has 1 aliphatic rings. The van der Waals surface area contributed by atoms with Crippen LogP contribution in [0.2, 0.25) is 0 Å². The van der Waals surface area contributed by atoms with E-state index in [0.29, 0.717) is 0 Å². The second-order valence-electron chi connectivity index (χ2n) is 3.74. The van der Waals surface area contributed by atoms with E-state index in [1.54, 1.807) is 0 Å². The molecule has 1 saturated heterocycles. The topological polar surface area (TPSA) is 38.3 Å². The van der Waals surface area contributed by atoms with E-state index in [2.05, 4.69) is 27.9 Å². The lowest BCUT2D eigenvalue weighted by Gasteiger charge is -2.34. The minimum atomic E-state index is -0.234. The van der Waals surface area contributed by atoms with Crippen molar-refractivity contribution < 1.29 is 9.53 Å². The fourth-order valence-electron chi connectivity index (χ4n) is 1.38. The van der Waals surface area contributed by atoms with E-state index in [1.807, 2.05) is 13.8 Å². The Morgan fingerprint density at radius 2 is 2.08 bits per heavy atom. The summed E-state index contributed by atoms with van der Waals surface area (Å²) < 4.78 is 5.40. The van der Waals surface area contributed by atoms with Crippen LogP contribution in [0.5, 0.6) is 0 Å². The summed E-state index contributed by atoms with van der Waals surface area (Å²) in [5, 5.41) is 3.25. The zero-order valence-corrected chi connectivity index (χ0v) is 10.3. The molecule has 13 heavy (non-hydrogen) atoms. The van der Waals surface area contributed by atoms with Gasteiger partial charge in [-0.15, -0.1) is 0 Å². The van der Waals surface area contributed by atoms with Crippen molar-refractivity contribution in [2.24, 2.45) is 0 Å². The molecule has 0 bridgehead atoms. The molecule has 1 atom stereocenters. The molecule has 1 aliphatic heterocycles. The van der Waals surface area contributed by atoms with E-state index in [4.69, 9.17) is 4.74 Å². The van der Waals surface area contributed by atoms with Crippen LogP contribution in [0.4, 0.5) is 0 Å². The summed E-state index contributed by atoms with van der Waals surface area (Å²) in [5.74, 6) is -0.0926. The van der Waals surface area contributed by atoms with Crippen LogP contribution in [-0.4, -0.2) is 28.6 Å². The van der Waals surface area contributed by atoms with Gasteiger partial charge in [-0.2, -0.15) is 0 Å². The van der Waals surface area contributed by atoms with Crippen molar-refractivity contribution in [1.82, 2.24) is 5.32 Å². The third kappa shape index (κ3) is 3.42. The monoisotopic (exact) mass is 297 g/mol. The van der Waals surface area contributed by atoms with Crippen LogP contribution < -0.4 is 5.32 Å². The van der Waals surface area contributed by atoms with Crippen molar-refractivity contribution in [2.45, 2.75) is 36.2 Å². The number of rotatable bonds is 2. The molecule has 0 spiro atoms. The van der Waals surface area contributed by atoms with Gasteiger partial charge in [-0.3, -0.25) is 4.79 Å². The predicted molar refractivity (Wildman–Crippen MR) is 60.1 cm³/mol. The van der Waals surface area contributed by atoms with Crippen LogP contribution in [0.1, 0.15) is 26.7 Å². The molecule has 0 saturated carbocycles. The Kier molecular flexibility index (Phi) is 3.97. The fraction of sp³-hybridized carbons (Fsp3) is 0.889. The van der Waals surface area contributed by atoms with Crippen LogP contribution in [0, 0.1) is 0 Å². The third-order valence-corrected chi connectivity index (χ3v) is 2.84. The first-order valence-electron chi connectivity index (χ1n) is 4.61. The van der Waals surface area contributed by atoms with E-state index in [0.717, 1.165) is 25.9 Å². The Morgan fingerprint density at radius 1 is 1.54 bits per heavy atom. The average molecular weight is 297 g/mol. The molecular weight excluding hydrogens is 281 g/mol. The maximum Gasteiger partial charge on any atom is 0.319 e. The first kappa shape index (κ1) is 11.2. The molecule has 1 rings (SSSR count). The molecule has 0 amide bonds. The largest absolute Gasteiger partial charge is 0.458 e. The van der Waals surface area contributed by atoms with Crippen molar-refractivity contribution in [2.75, 3.05) is 13.1 Å². The highest BCUT2D eigenvalue weighted by molar-refractivity contribution is 14.1. The molecule has 1 fully saturated rings. The SMILES string of the molecule is CC(I)C(=O)OC1(C)CCNCC1. The maximum atomic E-state index is 11.4. The van der Waals surface area contributed by atoms with Gasteiger partial charge in [-0.1, -0.05) is 22.6 Å². The third-order valence-electron chi connectivity index (χ3n) is 2.33. The zero-order chi connectivity index (χ0) is 9.90. The highest BCUT2D eigenvalue weighted by Gasteiger charge is 2.31. The van der Waals surface area contributed by atoms with Gasteiger partial charge in [0.2, 0.25) is 0 Å². The Hall–Kier alpha value is 0.160. The van der Waals surface area contributed by atoms with Gasteiger partial charge in [0.15, 0.2) is 0 Å². The molecule has 3 nitrogen and oxygen atoms in total. The lowest BCUT2D eigenvalue weighted by Crippen LogP contribution is -2.43. The number of esters is 1. The highest BCUT2D eigenvalue weighted by atomic mass is 127. The normalized spacial score (nSPS) is 23.6. The van der Waals surface area contributed by atoms with Gasteiger partial charge in [0.1, 0.15) is 9.53 Å². The van der Waals surface area contributed by atoms with E-state index in [-0.39, 0.29) is 15.5 Å². The Bertz CT molecular complexity index is 188. The van der Waals surface area contributed by atoms with Crippen LogP contribution in [0.15, 0.2) is 0 Å². The first-order valence-corrected chi connectivity index (χ1v) is 5.86. The molecule has 0 aliphatic carbocycles. The first-order chi connectivity index (χ1) is 6.03. The lowest BCUT2D eigenvalue weighted by molar-refractivity contribution is -0.158. The molecule has 1 heterocycles. The van der Waals surface area contributed by atoms with Gasteiger partial charge in [0, 0.05) is 0 Å². The number of ether oxygens (including phenoxy) is 1. The number of alkyl halides is 1. The van der Waals surface area contributed by atoms with Crippen LogP contribution >= 0.6 is 22.6 Å². The molecule has 0 aromatic carbocycles. The van der Waals surface area contributed by atoms with Crippen molar-refractivity contribution in [3.63, 3.8) is 0 Å². The summed E-state index contributed by atoms with van der Waals surface area (Å²) in [6.07, 6.45) is 1.84. The molecule has 76 valence electrons. The zero-order valence-electron chi connectivity index (χ0n) is 8.10. The molecule has 4 heteroatoms. The second-order valence-corrected chi connectivity index (χ2v) is 5.61. The van der Waals surface area contributed by atoms with Gasteiger partial charge in [-0.25, -0.2) is 0 Å². The molecule has 1 unspecified atom stereocenters. The molecule has 0 aromatic heterocycles. The quantitative estimate of drug-likeness (QED) is 0.477. The van der Waals surface area contributed by atoms with Crippen molar-refractivity contribution in [3.8, 4) is 0 Å². The number of piperidine rings is 1. The number of carbonyl (C=O) groups excluding carboxylic acids is 1. The van der Waals surface area contributed by atoms with Gasteiger partial charge in [0.05, 0.1) is 0 Å². The lowest BCUT2D eigenvalue weighted by atomic mass is 9.94. The van der Waals surface area contributed by atoms with Crippen molar-refractivity contribution in [3.05, 3.63) is 0 Å². The van der Waals surface area contributed by atoms with E-state index < -0.39 is 0 Å². The summed E-state index contributed by atoms with van der Waals surface area (Å²) >= 11 is 2.08. The predicted octanol–water partition coefficient (Wildman–Crippen LogP) is 1.50. The summed E-state index contributed by atoms with van der Waals surface area (Å²) in [4.78, 5) is 11.4. The van der Waals surface area contributed by atoms with Gasteiger partial charge < -0.3 is 10.1 Å². The fourth-order valence-corrected chi connectivity index (χ4v) is 1.51. The van der Waals surface area contributed by atoms with Crippen LogP contribution in [-0.2, 0) is 9.53 Å². The van der Waals surface area contributed by atoms with E-state index in [9.17, 15) is 4.79 Å². The molecule has 0 aromatic rings. The number of carbonyl (C=O) groups is 1. The van der Waals surface area contributed by atoms with Crippen molar-refractivity contribution in [1.29, 1.82) is 0 Å².